The summed E-state index contributed by atoms with van der Waals surface area (Å²) in [5, 5.41) is 0.719. The van der Waals surface area contributed by atoms with E-state index in [0.717, 1.165) is 21.8 Å². The van der Waals surface area contributed by atoms with Crippen LogP contribution in [-0.4, -0.2) is 9.97 Å². The van der Waals surface area contributed by atoms with Crippen molar-refractivity contribution in [3.05, 3.63) is 58.6 Å². The van der Waals surface area contributed by atoms with Crippen molar-refractivity contribution >= 4 is 11.6 Å². The molecule has 0 spiro atoms. The number of benzene rings is 1. The van der Waals surface area contributed by atoms with Crippen molar-refractivity contribution in [1.82, 2.24) is 9.97 Å². The van der Waals surface area contributed by atoms with E-state index < -0.39 is 0 Å². The summed E-state index contributed by atoms with van der Waals surface area (Å²) < 4.78 is 0. The number of halogens is 1. The minimum Gasteiger partial charge on any atom is -0.319 e. The Labute approximate surface area is 99.3 Å². The average Bonchev–Trinajstić information content (AvgIpc) is 2.33. The first-order valence-electron chi connectivity index (χ1n) is 4.96. The van der Waals surface area contributed by atoms with Crippen molar-refractivity contribution in [2.75, 3.05) is 0 Å². The van der Waals surface area contributed by atoms with Crippen LogP contribution in [0, 0.1) is 6.92 Å². The SMILES string of the molecule is Cc1c(Cl)cccc1C(N)c1cnccn1. The maximum atomic E-state index is 6.12. The van der Waals surface area contributed by atoms with Gasteiger partial charge in [0, 0.05) is 17.4 Å². The molecule has 0 bridgehead atoms. The zero-order valence-corrected chi connectivity index (χ0v) is 9.65. The third-order valence-electron chi connectivity index (χ3n) is 2.55. The molecule has 0 aliphatic rings. The van der Waals surface area contributed by atoms with E-state index >= 15 is 0 Å². The monoisotopic (exact) mass is 233 g/mol. The van der Waals surface area contributed by atoms with Gasteiger partial charge in [0.25, 0.3) is 0 Å². The van der Waals surface area contributed by atoms with Gasteiger partial charge in [0.05, 0.1) is 17.9 Å². The largest absolute Gasteiger partial charge is 0.319 e. The molecule has 1 aromatic carbocycles. The van der Waals surface area contributed by atoms with Crippen LogP contribution < -0.4 is 5.73 Å². The molecule has 16 heavy (non-hydrogen) atoms. The molecular formula is C12H12ClN3. The minimum absolute atomic E-state index is 0.285. The van der Waals surface area contributed by atoms with Gasteiger partial charge in [-0.1, -0.05) is 23.7 Å². The van der Waals surface area contributed by atoms with E-state index in [2.05, 4.69) is 9.97 Å². The van der Waals surface area contributed by atoms with Crippen LogP contribution in [0.3, 0.4) is 0 Å². The molecule has 0 saturated heterocycles. The lowest BCUT2D eigenvalue weighted by Crippen LogP contribution is -2.15. The molecular weight excluding hydrogens is 222 g/mol. The van der Waals surface area contributed by atoms with Crippen LogP contribution in [0.1, 0.15) is 22.9 Å². The van der Waals surface area contributed by atoms with Gasteiger partial charge in [-0.25, -0.2) is 0 Å². The van der Waals surface area contributed by atoms with Crippen molar-refractivity contribution < 1.29 is 0 Å². The molecule has 0 radical (unpaired) electrons. The summed E-state index contributed by atoms with van der Waals surface area (Å²) in [5.74, 6) is 0. The third kappa shape index (κ3) is 2.05. The molecule has 0 fully saturated rings. The Bertz CT molecular complexity index is 485. The van der Waals surface area contributed by atoms with Crippen LogP contribution in [0.25, 0.3) is 0 Å². The van der Waals surface area contributed by atoms with E-state index in [1.807, 2.05) is 25.1 Å². The highest BCUT2D eigenvalue weighted by molar-refractivity contribution is 6.31. The lowest BCUT2D eigenvalue weighted by atomic mass is 10.00. The summed E-state index contributed by atoms with van der Waals surface area (Å²) in [7, 11) is 0. The topological polar surface area (TPSA) is 51.8 Å². The summed E-state index contributed by atoms with van der Waals surface area (Å²) in [5.41, 5.74) is 8.84. The van der Waals surface area contributed by atoms with Crippen LogP contribution >= 0.6 is 11.6 Å². The Kier molecular flexibility index (Phi) is 3.17. The van der Waals surface area contributed by atoms with Crippen molar-refractivity contribution in [3.8, 4) is 0 Å². The predicted octanol–water partition coefficient (Wildman–Crippen LogP) is 2.49. The average molecular weight is 234 g/mol. The fraction of sp³-hybridized carbons (Fsp3) is 0.167. The minimum atomic E-state index is -0.285. The van der Waals surface area contributed by atoms with E-state index in [9.17, 15) is 0 Å². The standard InChI is InChI=1S/C12H12ClN3/c1-8-9(3-2-4-10(8)13)12(14)11-7-15-5-6-16-11/h2-7,12H,14H2,1H3. The summed E-state index contributed by atoms with van der Waals surface area (Å²) in [4.78, 5) is 8.20. The maximum Gasteiger partial charge on any atom is 0.0799 e. The summed E-state index contributed by atoms with van der Waals surface area (Å²) in [6, 6.07) is 5.41. The smallest absolute Gasteiger partial charge is 0.0799 e. The number of nitrogens with two attached hydrogens (primary N) is 1. The van der Waals surface area contributed by atoms with Crippen molar-refractivity contribution in [2.45, 2.75) is 13.0 Å². The van der Waals surface area contributed by atoms with Crippen LogP contribution in [-0.2, 0) is 0 Å². The van der Waals surface area contributed by atoms with Crippen LogP contribution in [0.2, 0.25) is 5.02 Å². The normalized spacial score (nSPS) is 12.4. The Morgan fingerprint density at radius 3 is 2.81 bits per heavy atom. The Balaban J connectivity index is 2.42. The Morgan fingerprint density at radius 1 is 1.31 bits per heavy atom. The molecule has 0 aliphatic heterocycles. The number of aromatic nitrogens is 2. The van der Waals surface area contributed by atoms with E-state index in [4.69, 9.17) is 17.3 Å². The second-order valence-electron chi connectivity index (χ2n) is 3.56. The molecule has 2 N–H and O–H groups in total. The number of hydrogen-bond acceptors (Lipinski definition) is 3. The lowest BCUT2D eigenvalue weighted by Gasteiger charge is -2.14. The lowest BCUT2D eigenvalue weighted by molar-refractivity contribution is 0.811. The van der Waals surface area contributed by atoms with Gasteiger partial charge in [-0.3, -0.25) is 9.97 Å². The molecule has 0 amide bonds. The summed E-state index contributed by atoms with van der Waals surface area (Å²) >= 11 is 6.05. The van der Waals surface area contributed by atoms with Crippen LogP contribution in [0.15, 0.2) is 36.8 Å². The molecule has 2 aromatic rings. The second kappa shape index (κ2) is 4.60. The molecule has 1 heterocycles. The van der Waals surface area contributed by atoms with Gasteiger partial charge < -0.3 is 5.73 Å². The van der Waals surface area contributed by atoms with Gasteiger partial charge >= 0.3 is 0 Å². The van der Waals surface area contributed by atoms with E-state index in [-0.39, 0.29) is 6.04 Å². The Hall–Kier alpha value is -1.45. The Morgan fingerprint density at radius 2 is 2.12 bits per heavy atom. The van der Waals surface area contributed by atoms with Crippen LogP contribution in [0.5, 0.6) is 0 Å². The number of hydrogen-bond donors (Lipinski definition) is 1. The van der Waals surface area contributed by atoms with Crippen molar-refractivity contribution in [3.63, 3.8) is 0 Å². The fourth-order valence-corrected chi connectivity index (χ4v) is 1.77. The van der Waals surface area contributed by atoms with Gasteiger partial charge in [0.2, 0.25) is 0 Å². The highest BCUT2D eigenvalue weighted by atomic mass is 35.5. The maximum absolute atomic E-state index is 6.12. The predicted molar refractivity (Wildman–Crippen MR) is 64.3 cm³/mol. The zero-order chi connectivity index (χ0) is 11.5. The molecule has 4 heteroatoms. The molecule has 1 aromatic heterocycles. The molecule has 82 valence electrons. The van der Waals surface area contributed by atoms with Crippen molar-refractivity contribution in [2.24, 2.45) is 5.73 Å². The fourth-order valence-electron chi connectivity index (χ4n) is 1.59. The van der Waals surface area contributed by atoms with Gasteiger partial charge in [-0.2, -0.15) is 0 Å². The van der Waals surface area contributed by atoms with Gasteiger partial charge in [0.1, 0.15) is 0 Å². The summed E-state index contributed by atoms with van der Waals surface area (Å²) in [6.45, 7) is 1.95. The molecule has 1 atom stereocenters. The second-order valence-corrected chi connectivity index (χ2v) is 3.97. The van der Waals surface area contributed by atoms with Gasteiger partial charge in [-0.05, 0) is 24.1 Å². The first-order chi connectivity index (χ1) is 7.70. The van der Waals surface area contributed by atoms with Crippen molar-refractivity contribution in [1.29, 1.82) is 0 Å². The van der Waals surface area contributed by atoms with Crippen LogP contribution in [0.4, 0.5) is 0 Å². The highest BCUT2D eigenvalue weighted by Crippen LogP contribution is 2.25. The highest BCUT2D eigenvalue weighted by Gasteiger charge is 2.13. The first-order valence-corrected chi connectivity index (χ1v) is 5.34. The molecule has 3 nitrogen and oxygen atoms in total. The molecule has 1 unspecified atom stereocenters. The molecule has 0 aliphatic carbocycles. The number of rotatable bonds is 2. The van der Waals surface area contributed by atoms with Gasteiger partial charge in [-0.15, -0.1) is 0 Å². The number of nitrogens with zero attached hydrogens (tertiary/aromatic N) is 2. The first kappa shape index (κ1) is 11.0. The zero-order valence-electron chi connectivity index (χ0n) is 8.89. The van der Waals surface area contributed by atoms with E-state index in [1.165, 1.54) is 0 Å². The quantitative estimate of drug-likeness (QED) is 0.867. The van der Waals surface area contributed by atoms with E-state index in [1.54, 1.807) is 18.6 Å². The summed E-state index contributed by atoms with van der Waals surface area (Å²) in [6.07, 6.45) is 4.93. The van der Waals surface area contributed by atoms with Gasteiger partial charge in [0.15, 0.2) is 0 Å². The molecule has 0 saturated carbocycles. The molecule has 2 rings (SSSR count). The third-order valence-corrected chi connectivity index (χ3v) is 2.96. The van der Waals surface area contributed by atoms with E-state index in [0.29, 0.717) is 0 Å².